The molecule has 1 aromatic carbocycles. The van der Waals surface area contributed by atoms with Crippen LogP contribution in [-0.2, 0) is 21.4 Å². The first-order valence-electron chi connectivity index (χ1n) is 7.08. The highest BCUT2D eigenvalue weighted by atomic mass is 32.2. The molecule has 0 heterocycles. The van der Waals surface area contributed by atoms with E-state index in [0.717, 1.165) is 17.3 Å². The van der Waals surface area contributed by atoms with Crippen LogP contribution >= 0.6 is 11.8 Å². The molecule has 1 rings (SSSR count). The lowest BCUT2D eigenvalue weighted by molar-refractivity contribution is -0.141. The Bertz CT molecular complexity index is 477. The van der Waals surface area contributed by atoms with Crippen LogP contribution in [0.3, 0.4) is 0 Å². The Morgan fingerprint density at radius 1 is 1.05 bits per heavy atom. The van der Waals surface area contributed by atoms with E-state index in [4.69, 9.17) is 5.11 Å². The van der Waals surface area contributed by atoms with Gasteiger partial charge >= 0.3 is 5.97 Å². The molecule has 0 bridgehead atoms. The third-order valence-corrected chi connectivity index (χ3v) is 4.36. The van der Waals surface area contributed by atoms with E-state index in [0.29, 0.717) is 5.75 Å². The lowest BCUT2D eigenvalue weighted by Crippen LogP contribution is -2.18. The number of thioether (sulfide) groups is 1. The van der Waals surface area contributed by atoms with Gasteiger partial charge in [0.25, 0.3) is 0 Å². The van der Waals surface area contributed by atoms with Gasteiger partial charge in [0.15, 0.2) is 5.44 Å². The molecule has 0 aliphatic rings. The zero-order valence-corrected chi connectivity index (χ0v) is 14.5. The second-order valence-electron chi connectivity index (χ2n) is 7.42. The first kappa shape index (κ1) is 18.1. The minimum absolute atomic E-state index is 0.0338. The molecule has 0 amide bonds. The summed E-state index contributed by atoms with van der Waals surface area (Å²) in [5, 5.41) is 18.2. The Labute approximate surface area is 131 Å². The van der Waals surface area contributed by atoms with Crippen LogP contribution in [0.25, 0.3) is 0 Å². The predicted octanol–water partition coefficient (Wildman–Crippen LogP) is 3.92. The maximum atomic E-state index is 10.7. The molecule has 0 spiro atoms. The Hall–Kier alpha value is -1.00. The molecule has 118 valence electrons. The van der Waals surface area contributed by atoms with Crippen molar-refractivity contribution in [3.05, 3.63) is 34.9 Å². The van der Waals surface area contributed by atoms with E-state index in [1.807, 2.05) is 0 Å². The summed E-state index contributed by atoms with van der Waals surface area (Å²) < 4.78 is 0. The molecular weight excluding hydrogens is 284 g/mol. The van der Waals surface area contributed by atoms with Gasteiger partial charge in [-0.05, 0) is 27.5 Å². The molecule has 3 nitrogen and oxygen atoms in total. The highest BCUT2D eigenvalue weighted by Crippen LogP contribution is 2.31. The summed E-state index contributed by atoms with van der Waals surface area (Å²) in [5.41, 5.74) is 2.21. The van der Waals surface area contributed by atoms with Gasteiger partial charge in [-0.25, -0.2) is 4.79 Å². The minimum Gasteiger partial charge on any atom is -0.479 e. The van der Waals surface area contributed by atoms with Crippen molar-refractivity contribution in [3.8, 4) is 0 Å². The van der Waals surface area contributed by atoms with Crippen molar-refractivity contribution < 1.29 is 15.0 Å². The van der Waals surface area contributed by atoms with E-state index in [1.54, 1.807) is 0 Å². The molecule has 1 atom stereocenters. The average molecular weight is 310 g/mol. The van der Waals surface area contributed by atoms with Crippen molar-refractivity contribution in [2.45, 2.75) is 63.6 Å². The molecule has 0 aliphatic carbocycles. The third-order valence-electron chi connectivity index (χ3n) is 3.34. The van der Waals surface area contributed by atoms with E-state index in [-0.39, 0.29) is 10.8 Å². The fraction of sp³-hybridized carbons (Fsp3) is 0.588. The van der Waals surface area contributed by atoms with E-state index >= 15 is 0 Å². The molecule has 0 radical (unpaired) electrons. The summed E-state index contributed by atoms with van der Waals surface area (Å²) >= 11 is 1.03. The molecule has 2 N–H and O–H groups in total. The summed E-state index contributed by atoms with van der Waals surface area (Å²) in [5.74, 6) is -0.705. The predicted molar refractivity (Wildman–Crippen MR) is 88.8 cm³/mol. The normalized spacial score (nSPS) is 14.0. The van der Waals surface area contributed by atoms with E-state index in [2.05, 4.69) is 59.7 Å². The number of hydrogen-bond acceptors (Lipinski definition) is 3. The molecule has 4 heteroatoms. The van der Waals surface area contributed by atoms with Crippen molar-refractivity contribution in [1.82, 2.24) is 0 Å². The molecule has 1 unspecified atom stereocenters. The fourth-order valence-electron chi connectivity index (χ4n) is 1.89. The first-order chi connectivity index (χ1) is 9.41. The van der Waals surface area contributed by atoms with Crippen molar-refractivity contribution in [2.75, 3.05) is 0 Å². The van der Waals surface area contributed by atoms with Crippen LogP contribution < -0.4 is 0 Å². The van der Waals surface area contributed by atoms with Gasteiger partial charge in [0.1, 0.15) is 0 Å². The van der Waals surface area contributed by atoms with Gasteiger partial charge in [0.05, 0.1) is 0 Å². The zero-order chi connectivity index (χ0) is 16.4. The van der Waals surface area contributed by atoms with Gasteiger partial charge in [-0.15, -0.1) is 11.8 Å². The maximum Gasteiger partial charge on any atom is 0.343 e. The summed E-state index contributed by atoms with van der Waals surface area (Å²) in [7, 11) is 0. The molecule has 21 heavy (non-hydrogen) atoms. The number of benzene rings is 1. The number of carboxylic acids is 1. The van der Waals surface area contributed by atoms with Gasteiger partial charge in [-0.2, -0.15) is 0 Å². The van der Waals surface area contributed by atoms with Gasteiger partial charge in [0.2, 0.25) is 0 Å². The molecule has 0 saturated heterocycles. The van der Waals surface area contributed by atoms with Crippen molar-refractivity contribution in [1.29, 1.82) is 0 Å². The molecule has 0 fully saturated rings. The van der Waals surface area contributed by atoms with E-state index < -0.39 is 11.4 Å². The number of aliphatic hydroxyl groups excluding tert-OH is 1. The van der Waals surface area contributed by atoms with Crippen LogP contribution in [-0.4, -0.2) is 21.6 Å². The van der Waals surface area contributed by atoms with Crippen molar-refractivity contribution in [3.63, 3.8) is 0 Å². The zero-order valence-electron chi connectivity index (χ0n) is 13.7. The third kappa shape index (κ3) is 5.36. The topological polar surface area (TPSA) is 57.5 Å². The van der Waals surface area contributed by atoms with Gasteiger partial charge < -0.3 is 10.2 Å². The summed E-state index contributed by atoms with van der Waals surface area (Å²) in [6.07, 6.45) is 0. The average Bonchev–Trinajstić information content (AvgIpc) is 2.33. The monoisotopic (exact) mass is 310 g/mol. The number of rotatable bonds is 4. The number of aliphatic hydroxyl groups is 1. The largest absolute Gasteiger partial charge is 0.479 e. The van der Waals surface area contributed by atoms with Gasteiger partial charge in [-0.3, -0.25) is 0 Å². The van der Waals surface area contributed by atoms with Crippen molar-refractivity contribution in [2.24, 2.45) is 0 Å². The molecule has 0 saturated carbocycles. The van der Waals surface area contributed by atoms with Crippen LogP contribution in [0.15, 0.2) is 18.2 Å². The Kier molecular flexibility index (Phi) is 5.51. The molecule has 0 aromatic heterocycles. The van der Waals surface area contributed by atoms with Crippen molar-refractivity contribution >= 4 is 17.7 Å². The second-order valence-corrected chi connectivity index (χ2v) is 8.49. The number of carboxylic acid groups (broad SMARTS) is 1. The maximum absolute atomic E-state index is 10.7. The van der Waals surface area contributed by atoms with Gasteiger partial charge in [0, 0.05) is 5.75 Å². The minimum atomic E-state index is -1.37. The Morgan fingerprint density at radius 2 is 1.48 bits per heavy atom. The smallest absolute Gasteiger partial charge is 0.343 e. The fourth-order valence-corrected chi connectivity index (χ4v) is 2.55. The Morgan fingerprint density at radius 3 is 1.81 bits per heavy atom. The second kappa shape index (κ2) is 6.41. The summed E-state index contributed by atoms with van der Waals surface area (Å²) in [6, 6.07) is 6.44. The Balaban J connectivity index is 3.11. The van der Waals surface area contributed by atoms with Crippen LogP contribution in [0, 0.1) is 0 Å². The highest BCUT2D eigenvalue weighted by Gasteiger charge is 2.21. The number of carbonyl (C=O) groups is 1. The summed E-state index contributed by atoms with van der Waals surface area (Å²) in [6.45, 7) is 13.0. The SMILES string of the molecule is CC(C)(C)c1cc(CSC(O)C(=O)O)cc(C(C)(C)C)c1. The number of aliphatic carboxylic acids is 1. The standard InChI is InChI=1S/C17H26O3S/c1-16(2,3)12-7-11(10-21-15(20)14(18)19)8-13(9-12)17(4,5)6/h7-9,15,20H,10H2,1-6H3,(H,18,19). The van der Waals surface area contributed by atoms with Crippen LogP contribution in [0.2, 0.25) is 0 Å². The van der Waals surface area contributed by atoms with Crippen LogP contribution in [0.4, 0.5) is 0 Å². The highest BCUT2D eigenvalue weighted by molar-refractivity contribution is 7.99. The van der Waals surface area contributed by atoms with Crippen LogP contribution in [0.5, 0.6) is 0 Å². The van der Waals surface area contributed by atoms with E-state index in [1.165, 1.54) is 11.1 Å². The quantitative estimate of drug-likeness (QED) is 0.828. The molecular formula is C17H26O3S. The van der Waals surface area contributed by atoms with Gasteiger partial charge in [-0.1, -0.05) is 59.7 Å². The molecule has 0 aliphatic heterocycles. The van der Waals surface area contributed by atoms with Crippen LogP contribution in [0.1, 0.15) is 58.2 Å². The lowest BCUT2D eigenvalue weighted by atomic mass is 9.80. The van der Waals surface area contributed by atoms with E-state index in [9.17, 15) is 9.90 Å². The first-order valence-corrected chi connectivity index (χ1v) is 8.13. The summed E-state index contributed by atoms with van der Waals surface area (Å²) in [4.78, 5) is 10.7. The molecule has 1 aromatic rings. The lowest BCUT2D eigenvalue weighted by Gasteiger charge is -2.26. The number of hydrogen-bond donors (Lipinski definition) is 2.